The molecule has 7 heteroatoms. The summed E-state index contributed by atoms with van der Waals surface area (Å²) in [5.41, 5.74) is 1.74. The van der Waals surface area contributed by atoms with E-state index in [9.17, 15) is 4.79 Å². The molecule has 1 atom stereocenters. The zero-order valence-electron chi connectivity index (χ0n) is 14.5. The maximum atomic E-state index is 12.5. The SMILES string of the molecule is COc1ccccc1C[C@@H](C)N(C)C(=O)Nc1nnc2ccccn12. The minimum atomic E-state index is -0.236. The van der Waals surface area contributed by atoms with Crippen LogP contribution in [0.15, 0.2) is 48.7 Å². The van der Waals surface area contributed by atoms with Gasteiger partial charge in [-0.25, -0.2) is 4.79 Å². The van der Waals surface area contributed by atoms with Crippen LogP contribution in [-0.2, 0) is 6.42 Å². The lowest BCUT2D eigenvalue weighted by Gasteiger charge is -2.25. The van der Waals surface area contributed by atoms with Gasteiger partial charge in [-0.1, -0.05) is 24.3 Å². The van der Waals surface area contributed by atoms with Gasteiger partial charge < -0.3 is 9.64 Å². The summed E-state index contributed by atoms with van der Waals surface area (Å²) in [6.45, 7) is 1.99. The minimum absolute atomic E-state index is 0.0181. The van der Waals surface area contributed by atoms with Crippen LogP contribution < -0.4 is 10.1 Å². The molecule has 3 rings (SSSR count). The monoisotopic (exact) mass is 339 g/mol. The number of methoxy groups -OCH3 is 1. The quantitative estimate of drug-likeness (QED) is 0.776. The van der Waals surface area contributed by atoms with Crippen LogP contribution in [-0.4, -0.2) is 45.7 Å². The van der Waals surface area contributed by atoms with Crippen molar-refractivity contribution >= 4 is 17.6 Å². The molecule has 0 saturated carbocycles. The molecule has 7 nitrogen and oxygen atoms in total. The van der Waals surface area contributed by atoms with Gasteiger partial charge in [-0.05, 0) is 37.1 Å². The summed E-state index contributed by atoms with van der Waals surface area (Å²) in [5, 5.41) is 10.9. The van der Waals surface area contributed by atoms with Crippen LogP contribution in [0.5, 0.6) is 5.75 Å². The summed E-state index contributed by atoms with van der Waals surface area (Å²) in [5.74, 6) is 1.23. The van der Waals surface area contributed by atoms with E-state index in [-0.39, 0.29) is 12.1 Å². The molecular formula is C18H21N5O2. The lowest BCUT2D eigenvalue weighted by Crippen LogP contribution is -2.39. The molecule has 0 saturated heterocycles. The van der Waals surface area contributed by atoms with Gasteiger partial charge in [0.05, 0.1) is 7.11 Å². The Bertz CT molecular complexity index is 877. The third-order valence-corrected chi connectivity index (χ3v) is 4.22. The third kappa shape index (κ3) is 3.55. The van der Waals surface area contributed by atoms with Gasteiger partial charge >= 0.3 is 6.03 Å². The number of benzene rings is 1. The number of hydrogen-bond donors (Lipinski definition) is 1. The lowest BCUT2D eigenvalue weighted by molar-refractivity contribution is 0.207. The fourth-order valence-electron chi connectivity index (χ4n) is 2.64. The van der Waals surface area contributed by atoms with Crippen LogP contribution in [0.1, 0.15) is 12.5 Å². The van der Waals surface area contributed by atoms with E-state index in [1.165, 1.54) is 0 Å². The number of ether oxygens (including phenoxy) is 1. The Morgan fingerprint density at radius 1 is 1.24 bits per heavy atom. The van der Waals surface area contributed by atoms with E-state index in [0.29, 0.717) is 18.0 Å². The minimum Gasteiger partial charge on any atom is -0.496 e. The standard InChI is InChI=1S/C18H21N5O2/c1-13(12-14-8-4-5-9-15(14)25-3)22(2)18(24)19-17-21-20-16-10-6-7-11-23(16)17/h4-11,13H,12H2,1-3H3,(H,19,21,24)/t13-/m1/s1. The average molecular weight is 339 g/mol. The Labute approximate surface area is 146 Å². The molecule has 0 unspecified atom stereocenters. The number of amides is 2. The number of fused-ring (bicyclic) bond motifs is 1. The number of para-hydroxylation sites is 1. The van der Waals surface area contributed by atoms with Gasteiger partial charge in [-0.3, -0.25) is 9.72 Å². The number of carbonyl (C=O) groups is 1. The zero-order chi connectivity index (χ0) is 17.8. The first-order valence-electron chi connectivity index (χ1n) is 8.05. The number of nitrogens with zero attached hydrogens (tertiary/aromatic N) is 4. The molecule has 25 heavy (non-hydrogen) atoms. The highest BCUT2D eigenvalue weighted by Crippen LogP contribution is 2.20. The van der Waals surface area contributed by atoms with Crippen LogP contribution in [0.25, 0.3) is 5.65 Å². The number of rotatable bonds is 5. The van der Waals surface area contributed by atoms with Crippen molar-refractivity contribution in [3.8, 4) is 5.75 Å². The van der Waals surface area contributed by atoms with E-state index in [1.807, 2.05) is 55.6 Å². The Kier molecular flexibility index (Phi) is 4.83. The second kappa shape index (κ2) is 7.21. The molecule has 1 N–H and O–H groups in total. The predicted molar refractivity (Wildman–Crippen MR) is 95.9 cm³/mol. The molecule has 2 aromatic heterocycles. The van der Waals surface area contributed by atoms with E-state index in [0.717, 1.165) is 11.3 Å². The number of nitrogens with one attached hydrogen (secondary N) is 1. The van der Waals surface area contributed by atoms with Crippen molar-refractivity contribution in [2.24, 2.45) is 0 Å². The lowest BCUT2D eigenvalue weighted by atomic mass is 10.1. The molecule has 0 spiro atoms. The summed E-state index contributed by atoms with van der Waals surface area (Å²) in [7, 11) is 3.41. The normalized spacial score (nSPS) is 12.0. The number of urea groups is 1. The van der Waals surface area contributed by atoms with Crippen LogP contribution in [0.2, 0.25) is 0 Å². The van der Waals surface area contributed by atoms with Crippen molar-refractivity contribution in [2.45, 2.75) is 19.4 Å². The van der Waals surface area contributed by atoms with Crippen molar-refractivity contribution in [1.29, 1.82) is 0 Å². The molecule has 2 heterocycles. The maximum Gasteiger partial charge on any atom is 0.324 e. The van der Waals surface area contributed by atoms with E-state index in [4.69, 9.17) is 4.74 Å². The molecule has 1 aromatic carbocycles. The second-order valence-electron chi connectivity index (χ2n) is 5.86. The van der Waals surface area contributed by atoms with Crippen LogP contribution in [0, 0.1) is 0 Å². The van der Waals surface area contributed by atoms with Gasteiger partial charge in [-0.2, -0.15) is 0 Å². The molecule has 0 fully saturated rings. The first kappa shape index (κ1) is 16.8. The van der Waals surface area contributed by atoms with Gasteiger partial charge in [-0.15, -0.1) is 10.2 Å². The van der Waals surface area contributed by atoms with Crippen LogP contribution >= 0.6 is 0 Å². The van der Waals surface area contributed by atoms with E-state index in [1.54, 1.807) is 23.5 Å². The topological polar surface area (TPSA) is 71.8 Å². The number of pyridine rings is 1. The van der Waals surface area contributed by atoms with Gasteiger partial charge in [0, 0.05) is 19.3 Å². The van der Waals surface area contributed by atoms with Crippen molar-refractivity contribution in [3.63, 3.8) is 0 Å². The largest absolute Gasteiger partial charge is 0.496 e. The Hall–Kier alpha value is -3.09. The fraction of sp³-hybridized carbons (Fsp3) is 0.278. The van der Waals surface area contributed by atoms with E-state index >= 15 is 0 Å². The summed E-state index contributed by atoms with van der Waals surface area (Å²) in [6, 6.07) is 13.1. The number of aromatic nitrogens is 3. The first-order valence-corrected chi connectivity index (χ1v) is 8.05. The summed E-state index contributed by atoms with van der Waals surface area (Å²) >= 11 is 0. The summed E-state index contributed by atoms with van der Waals surface area (Å²) < 4.78 is 7.11. The molecule has 3 aromatic rings. The molecule has 0 bridgehead atoms. The molecule has 0 aliphatic carbocycles. The predicted octanol–water partition coefficient (Wildman–Crippen LogP) is 2.83. The molecule has 0 aliphatic heterocycles. The van der Waals surface area contributed by atoms with E-state index < -0.39 is 0 Å². The molecule has 2 amide bonds. The Morgan fingerprint density at radius 2 is 2.00 bits per heavy atom. The number of carbonyl (C=O) groups excluding carboxylic acids is 1. The van der Waals surface area contributed by atoms with Crippen molar-refractivity contribution in [2.75, 3.05) is 19.5 Å². The summed E-state index contributed by atoms with van der Waals surface area (Å²) in [4.78, 5) is 14.2. The average Bonchev–Trinajstić information content (AvgIpc) is 3.04. The van der Waals surface area contributed by atoms with Gasteiger partial charge in [0.2, 0.25) is 5.95 Å². The maximum absolute atomic E-state index is 12.5. The first-order chi connectivity index (χ1) is 12.1. The number of likely N-dealkylation sites (N-methyl/N-ethyl adjacent to an activating group) is 1. The number of hydrogen-bond acceptors (Lipinski definition) is 4. The van der Waals surface area contributed by atoms with Gasteiger partial charge in [0.1, 0.15) is 5.75 Å². The zero-order valence-corrected chi connectivity index (χ0v) is 14.5. The highest BCUT2D eigenvalue weighted by Gasteiger charge is 2.19. The third-order valence-electron chi connectivity index (χ3n) is 4.22. The summed E-state index contributed by atoms with van der Waals surface area (Å²) in [6.07, 6.45) is 2.50. The highest BCUT2D eigenvalue weighted by molar-refractivity contribution is 5.87. The highest BCUT2D eigenvalue weighted by atomic mass is 16.5. The Morgan fingerprint density at radius 3 is 2.80 bits per heavy atom. The van der Waals surface area contributed by atoms with Crippen molar-refractivity contribution in [3.05, 3.63) is 54.2 Å². The fourth-order valence-corrected chi connectivity index (χ4v) is 2.64. The van der Waals surface area contributed by atoms with Gasteiger partial charge in [0.15, 0.2) is 5.65 Å². The van der Waals surface area contributed by atoms with Crippen LogP contribution in [0.4, 0.5) is 10.7 Å². The Balaban J connectivity index is 1.69. The van der Waals surface area contributed by atoms with Gasteiger partial charge in [0.25, 0.3) is 0 Å². The van der Waals surface area contributed by atoms with Crippen molar-refractivity contribution < 1.29 is 9.53 Å². The second-order valence-corrected chi connectivity index (χ2v) is 5.86. The number of anilines is 1. The molecule has 0 aliphatic rings. The molecule has 0 radical (unpaired) electrons. The smallest absolute Gasteiger partial charge is 0.324 e. The van der Waals surface area contributed by atoms with E-state index in [2.05, 4.69) is 15.5 Å². The van der Waals surface area contributed by atoms with Crippen molar-refractivity contribution in [1.82, 2.24) is 19.5 Å². The molecular weight excluding hydrogens is 318 g/mol. The molecule has 130 valence electrons. The van der Waals surface area contributed by atoms with Crippen LogP contribution in [0.3, 0.4) is 0 Å².